The molecular formula is C44H55N7O7S. The van der Waals surface area contributed by atoms with Crippen molar-refractivity contribution in [2.24, 2.45) is 5.41 Å². The van der Waals surface area contributed by atoms with Gasteiger partial charge in [0, 0.05) is 66.6 Å². The number of carbonyl (C=O) groups excluding carboxylic acids is 4. The van der Waals surface area contributed by atoms with Gasteiger partial charge in [0.2, 0.25) is 23.6 Å². The van der Waals surface area contributed by atoms with Crippen molar-refractivity contribution >= 4 is 56.8 Å². The number of aromatic amines is 1. The van der Waals surface area contributed by atoms with Gasteiger partial charge in [0.1, 0.15) is 12.1 Å². The minimum absolute atomic E-state index is 0.00904. The van der Waals surface area contributed by atoms with Gasteiger partial charge in [0.05, 0.1) is 54.7 Å². The van der Waals surface area contributed by atoms with Crippen LogP contribution in [0.2, 0.25) is 0 Å². The number of aromatic nitrogens is 3. The molecule has 0 spiro atoms. The number of benzene rings is 2. The van der Waals surface area contributed by atoms with Crippen LogP contribution in [0.15, 0.2) is 66.4 Å². The summed E-state index contributed by atoms with van der Waals surface area (Å²) in [4.78, 5) is 67.4. The molecule has 14 nitrogen and oxygen atoms in total. The van der Waals surface area contributed by atoms with Gasteiger partial charge in [-0.1, -0.05) is 57.2 Å². The zero-order valence-corrected chi connectivity index (χ0v) is 35.2. The number of carbonyl (C=O) groups is 4. The summed E-state index contributed by atoms with van der Waals surface area (Å²) in [5, 5.41) is 21.5. The largest absolute Gasteiger partial charge is 0.391 e. The van der Waals surface area contributed by atoms with Crippen molar-refractivity contribution in [2.45, 2.75) is 84.5 Å². The molecule has 2 aromatic carbocycles. The first-order valence-electron chi connectivity index (χ1n) is 20.1. The van der Waals surface area contributed by atoms with E-state index < -0.39 is 29.5 Å². The van der Waals surface area contributed by atoms with Gasteiger partial charge < -0.3 is 40.4 Å². The zero-order chi connectivity index (χ0) is 42.1. The molecule has 0 aliphatic carbocycles. The first-order valence-corrected chi connectivity index (χ1v) is 21.0. The Morgan fingerprint density at radius 3 is 2.44 bits per heavy atom. The van der Waals surface area contributed by atoms with E-state index in [1.54, 1.807) is 17.5 Å². The van der Waals surface area contributed by atoms with Crippen LogP contribution >= 0.6 is 11.3 Å². The molecule has 4 atom stereocenters. The van der Waals surface area contributed by atoms with Gasteiger partial charge in [-0.15, -0.1) is 11.3 Å². The predicted molar refractivity (Wildman–Crippen MR) is 228 cm³/mol. The fourth-order valence-electron chi connectivity index (χ4n) is 7.29. The highest BCUT2D eigenvalue weighted by atomic mass is 32.1. The maximum absolute atomic E-state index is 14.0. The molecule has 314 valence electrons. The van der Waals surface area contributed by atoms with Crippen molar-refractivity contribution in [3.63, 3.8) is 0 Å². The number of hydrogen-bond donors (Lipinski definition) is 5. The number of hydrogen-bond acceptors (Lipinski definition) is 10. The minimum Gasteiger partial charge on any atom is -0.391 e. The molecule has 1 saturated heterocycles. The van der Waals surface area contributed by atoms with Crippen molar-refractivity contribution in [2.75, 3.05) is 39.5 Å². The molecule has 15 heteroatoms. The smallest absolute Gasteiger partial charge is 0.246 e. The second kappa shape index (κ2) is 19.7. The lowest BCUT2D eigenvalue weighted by Gasteiger charge is -2.35. The van der Waals surface area contributed by atoms with E-state index in [0.29, 0.717) is 26.0 Å². The summed E-state index contributed by atoms with van der Waals surface area (Å²) in [6, 6.07) is 13.9. The van der Waals surface area contributed by atoms with Gasteiger partial charge in [-0.2, -0.15) is 0 Å². The molecular weight excluding hydrogens is 771 g/mol. The molecule has 0 unspecified atom stereocenters. The Bertz CT molecular complexity index is 2230. The van der Waals surface area contributed by atoms with Crippen molar-refractivity contribution in [3.05, 3.63) is 83.3 Å². The van der Waals surface area contributed by atoms with Gasteiger partial charge in [-0.3, -0.25) is 24.2 Å². The molecule has 6 rings (SSSR count). The predicted octanol–water partition coefficient (Wildman–Crippen LogP) is 4.99. The number of pyridine rings is 1. The van der Waals surface area contributed by atoms with Crippen LogP contribution in [0, 0.1) is 12.3 Å². The van der Waals surface area contributed by atoms with E-state index in [1.807, 2.05) is 82.7 Å². The summed E-state index contributed by atoms with van der Waals surface area (Å²) in [5.41, 5.74) is 7.18. The molecule has 1 aliphatic heterocycles. The number of nitrogens with zero attached hydrogens (tertiary/aromatic N) is 3. The molecule has 1 aliphatic rings. The lowest BCUT2D eigenvalue weighted by Crippen LogP contribution is -2.58. The van der Waals surface area contributed by atoms with Crippen LogP contribution in [0.25, 0.3) is 32.2 Å². The molecule has 5 N–H and O–H groups in total. The minimum atomic E-state index is -0.935. The Kier molecular flexibility index (Phi) is 14.5. The second-order valence-electron chi connectivity index (χ2n) is 16.1. The molecule has 59 heavy (non-hydrogen) atoms. The Balaban J connectivity index is 0.872. The fourth-order valence-corrected chi connectivity index (χ4v) is 8.10. The van der Waals surface area contributed by atoms with Gasteiger partial charge >= 0.3 is 0 Å². The highest BCUT2D eigenvalue weighted by molar-refractivity contribution is 7.13. The van der Waals surface area contributed by atoms with Crippen LogP contribution in [0.5, 0.6) is 0 Å². The number of H-pyrrole nitrogens is 1. The van der Waals surface area contributed by atoms with Crippen molar-refractivity contribution in [3.8, 4) is 10.4 Å². The average Bonchev–Trinajstić information content (AvgIpc) is 3.93. The summed E-state index contributed by atoms with van der Waals surface area (Å²) in [5.74, 6) is -1.22. The highest BCUT2D eigenvalue weighted by Crippen LogP contribution is 2.30. The van der Waals surface area contributed by atoms with Crippen LogP contribution in [-0.4, -0.2) is 106 Å². The van der Waals surface area contributed by atoms with Crippen LogP contribution in [0.1, 0.15) is 69.8 Å². The molecule has 0 saturated carbocycles. The molecule has 0 radical (unpaired) electrons. The number of thiazole rings is 1. The monoisotopic (exact) mass is 825 g/mol. The van der Waals surface area contributed by atoms with Crippen LogP contribution in [0.4, 0.5) is 0 Å². The van der Waals surface area contributed by atoms with E-state index in [2.05, 4.69) is 43.0 Å². The third-order valence-corrected chi connectivity index (χ3v) is 11.6. The maximum Gasteiger partial charge on any atom is 0.246 e. The quantitative estimate of drug-likeness (QED) is 0.0759. The summed E-state index contributed by atoms with van der Waals surface area (Å²) in [6.07, 6.45) is 3.84. The summed E-state index contributed by atoms with van der Waals surface area (Å²) in [6.45, 7) is 10.7. The molecule has 5 aromatic rings. The zero-order valence-electron chi connectivity index (χ0n) is 34.4. The Hall–Kier alpha value is -5.22. The number of nitrogens with one attached hydrogen (secondary N) is 4. The van der Waals surface area contributed by atoms with Crippen molar-refractivity contribution in [1.29, 1.82) is 0 Å². The number of β-amino-alcohol motifs (C(OH)–C–C–N with tert-alkyl or cyclic N) is 1. The Morgan fingerprint density at radius 2 is 1.71 bits per heavy atom. The molecule has 3 aromatic heterocycles. The number of amides is 4. The Labute approximate surface area is 348 Å². The van der Waals surface area contributed by atoms with E-state index in [0.717, 1.165) is 49.1 Å². The normalized spacial score (nSPS) is 16.6. The first-order chi connectivity index (χ1) is 28.3. The number of aliphatic hydroxyl groups excluding tert-OH is 1. The molecule has 4 heterocycles. The van der Waals surface area contributed by atoms with Crippen molar-refractivity contribution in [1.82, 2.24) is 35.8 Å². The third-order valence-electron chi connectivity index (χ3n) is 10.6. The van der Waals surface area contributed by atoms with Crippen LogP contribution < -0.4 is 16.0 Å². The highest BCUT2D eigenvalue weighted by Gasteiger charge is 2.44. The van der Waals surface area contributed by atoms with E-state index >= 15 is 0 Å². The van der Waals surface area contributed by atoms with E-state index in [4.69, 9.17) is 9.47 Å². The number of ether oxygens (including phenoxy) is 2. The van der Waals surface area contributed by atoms with E-state index in [-0.39, 0.29) is 63.0 Å². The summed E-state index contributed by atoms with van der Waals surface area (Å²) in [7, 11) is 0. The number of fused-ring (bicyclic) bond motifs is 3. The summed E-state index contributed by atoms with van der Waals surface area (Å²) < 4.78 is 11.2. The standard InChI is InChI=1S/C44H55N7O7S/c1-27(30-8-10-31(11-9-30)40-28(2)47-26-59-40)48-42(55)37-23-32(52)25-51(37)43(56)41(44(3,4)5)50-39(54)15-18-57-20-21-58-19-17-46-38(53)13-7-29-6-12-33-34-24-45-16-14-35(34)49-36(33)22-29/h6,8-12,14,16,22,24,26-27,32,37,41,49,52H,7,13,15,17-21,23,25H2,1-5H3,(H,46,53)(H,48,55)(H,50,54)/t27-,32+,37-,41+/m0/s1. The summed E-state index contributed by atoms with van der Waals surface area (Å²) >= 11 is 1.57. The van der Waals surface area contributed by atoms with Crippen LogP contribution in [0.3, 0.4) is 0 Å². The number of aliphatic hydroxyl groups is 1. The number of likely N-dealkylation sites (tertiary alicyclic amines) is 1. The molecule has 0 bridgehead atoms. The van der Waals surface area contributed by atoms with Gasteiger partial charge in [0.15, 0.2) is 0 Å². The fraction of sp³-hybridized carbons (Fsp3) is 0.455. The Morgan fingerprint density at radius 1 is 0.949 bits per heavy atom. The van der Waals surface area contributed by atoms with Crippen LogP contribution in [-0.2, 0) is 35.1 Å². The molecule has 4 amide bonds. The molecule has 1 fully saturated rings. The first kappa shape index (κ1) is 43.4. The van der Waals surface area contributed by atoms with Gasteiger partial charge in [0.25, 0.3) is 0 Å². The van der Waals surface area contributed by atoms with Gasteiger partial charge in [-0.05, 0) is 54.5 Å². The maximum atomic E-state index is 14.0. The lowest BCUT2D eigenvalue weighted by molar-refractivity contribution is -0.144. The topological polar surface area (TPSA) is 188 Å². The second-order valence-corrected chi connectivity index (χ2v) is 17.0. The number of rotatable bonds is 18. The van der Waals surface area contributed by atoms with E-state index in [9.17, 15) is 24.3 Å². The van der Waals surface area contributed by atoms with E-state index in [1.165, 1.54) is 4.90 Å². The lowest BCUT2D eigenvalue weighted by atomic mass is 9.85. The SMILES string of the molecule is Cc1ncsc1-c1ccc([C@H](C)NC(=O)[C@@H]2C[C@@H](O)CN2C(=O)[C@@H](NC(=O)CCOCCOCCNC(=O)CCc2ccc3c(c2)[nH]c2ccncc23)C(C)(C)C)cc1. The average molecular weight is 826 g/mol. The van der Waals surface area contributed by atoms with Crippen molar-refractivity contribution < 1.29 is 33.8 Å². The van der Waals surface area contributed by atoms with Gasteiger partial charge in [-0.25, -0.2) is 4.98 Å². The number of aryl methyl sites for hydroxylation is 2. The third kappa shape index (κ3) is 11.3.